The van der Waals surface area contributed by atoms with Gasteiger partial charge in [0.2, 0.25) is 0 Å². The van der Waals surface area contributed by atoms with Gasteiger partial charge in [0.25, 0.3) is 5.91 Å². The molecule has 0 spiro atoms. The van der Waals surface area contributed by atoms with Crippen LogP contribution in [0.2, 0.25) is 0 Å². The number of nitrogens with zero attached hydrogens (tertiary/aromatic N) is 6. The summed E-state index contributed by atoms with van der Waals surface area (Å²) in [6.45, 7) is -1.89. The molecule has 5 rings (SSSR count). The van der Waals surface area contributed by atoms with Crippen molar-refractivity contribution in [2.24, 2.45) is 7.05 Å². The van der Waals surface area contributed by atoms with E-state index in [9.17, 15) is 4.79 Å². The molecule has 4 aromatic rings. The number of carbonyl (C=O) groups is 1. The van der Waals surface area contributed by atoms with E-state index in [2.05, 4.69) is 20.3 Å². The fourth-order valence-corrected chi connectivity index (χ4v) is 3.39. The third-order valence-corrected chi connectivity index (χ3v) is 5.20. The Kier molecular flexibility index (Phi) is 3.78. The van der Waals surface area contributed by atoms with Gasteiger partial charge in [-0.2, -0.15) is 0 Å². The van der Waals surface area contributed by atoms with Crippen LogP contribution in [0.3, 0.4) is 0 Å². The number of carbonyl (C=O) groups excluding carboxylic acids is 1. The summed E-state index contributed by atoms with van der Waals surface area (Å²) in [4.78, 5) is 31.4. The van der Waals surface area contributed by atoms with Crippen LogP contribution in [0.15, 0.2) is 48.9 Å². The monoisotopic (exact) mass is 417 g/mol. The SMILES string of the molecule is [2H]C1([2H])CCC([2H])([2H])N1c1cc(C(=O)Nc2cc3nc(-c4cnc(C)n4C)ccc3cn2)ccn1. The highest BCUT2D eigenvalue weighted by molar-refractivity contribution is 6.04. The highest BCUT2D eigenvalue weighted by Crippen LogP contribution is 2.23. The Balaban J connectivity index is 1.42. The van der Waals surface area contributed by atoms with Crippen molar-refractivity contribution in [3.8, 4) is 11.4 Å². The lowest BCUT2D eigenvalue weighted by molar-refractivity contribution is 0.102. The van der Waals surface area contributed by atoms with Crippen LogP contribution in [0.4, 0.5) is 11.6 Å². The smallest absolute Gasteiger partial charge is 0.257 e. The van der Waals surface area contributed by atoms with Gasteiger partial charge in [-0.05, 0) is 44.0 Å². The van der Waals surface area contributed by atoms with Gasteiger partial charge < -0.3 is 14.8 Å². The molecule has 0 saturated carbocycles. The van der Waals surface area contributed by atoms with Crippen LogP contribution >= 0.6 is 0 Å². The van der Waals surface area contributed by atoms with Gasteiger partial charge in [-0.25, -0.2) is 19.9 Å². The van der Waals surface area contributed by atoms with Crippen molar-refractivity contribution in [1.29, 1.82) is 0 Å². The van der Waals surface area contributed by atoms with Crippen molar-refractivity contribution in [3.63, 3.8) is 0 Å². The van der Waals surface area contributed by atoms with Crippen LogP contribution in [0.5, 0.6) is 0 Å². The molecule has 0 unspecified atom stereocenters. The summed E-state index contributed by atoms with van der Waals surface area (Å²) in [7, 11) is 1.92. The highest BCUT2D eigenvalue weighted by Gasteiger charge is 2.16. The predicted octanol–water partition coefficient (Wildman–Crippen LogP) is 3.59. The van der Waals surface area contributed by atoms with E-state index in [1.807, 2.05) is 30.7 Å². The predicted molar refractivity (Wildman–Crippen MR) is 120 cm³/mol. The van der Waals surface area contributed by atoms with Gasteiger partial charge >= 0.3 is 0 Å². The van der Waals surface area contributed by atoms with Gasteiger partial charge in [-0.3, -0.25) is 4.79 Å². The number of anilines is 2. The van der Waals surface area contributed by atoms with Crippen molar-refractivity contribution >= 4 is 28.4 Å². The van der Waals surface area contributed by atoms with Crippen molar-refractivity contribution in [2.45, 2.75) is 19.8 Å². The van der Waals surface area contributed by atoms with Gasteiger partial charge in [0.15, 0.2) is 0 Å². The fourth-order valence-electron chi connectivity index (χ4n) is 3.39. The molecule has 1 amide bonds. The van der Waals surface area contributed by atoms with Gasteiger partial charge in [-0.15, -0.1) is 0 Å². The Morgan fingerprint density at radius 3 is 2.71 bits per heavy atom. The van der Waals surface area contributed by atoms with E-state index in [-0.39, 0.29) is 24.2 Å². The molecule has 1 aliphatic rings. The number of hydrogen-bond acceptors (Lipinski definition) is 6. The third kappa shape index (κ3) is 3.72. The number of pyridine rings is 3. The third-order valence-electron chi connectivity index (χ3n) is 5.20. The quantitative estimate of drug-likeness (QED) is 0.546. The lowest BCUT2D eigenvalue weighted by Gasteiger charge is -2.16. The first-order chi connectivity index (χ1) is 16.5. The number of nitrogens with one attached hydrogen (secondary N) is 1. The minimum Gasteiger partial charge on any atom is -0.357 e. The zero-order valence-corrected chi connectivity index (χ0v) is 17.1. The van der Waals surface area contributed by atoms with Crippen LogP contribution < -0.4 is 10.2 Å². The van der Waals surface area contributed by atoms with Crippen molar-refractivity contribution in [2.75, 3.05) is 23.2 Å². The number of fused-ring (bicyclic) bond motifs is 1. The van der Waals surface area contributed by atoms with Crippen molar-refractivity contribution in [3.05, 3.63) is 60.3 Å². The second-order valence-electron chi connectivity index (χ2n) is 7.22. The van der Waals surface area contributed by atoms with Crippen molar-refractivity contribution < 1.29 is 10.3 Å². The van der Waals surface area contributed by atoms with Gasteiger partial charge in [0, 0.05) is 54.9 Å². The average molecular weight is 418 g/mol. The molecule has 0 bridgehead atoms. The van der Waals surface area contributed by atoms with Gasteiger partial charge in [-0.1, -0.05) is 0 Å². The second-order valence-corrected chi connectivity index (χ2v) is 7.22. The van der Waals surface area contributed by atoms with Crippen LogP contribution in [0, 0.1) is 6.92 Å². The zero-order valence-electron chi connectivity index (χ0n) is 21.1. The van der Waals surface area contributed by atoms with E-state index in [0.29, 0.717) is 11.3 Å². The van der Waals surface area contributed by atoms with Crippen LogP contribution in [-0.4, -0.2) is 43.4 Å². The molecule has 5 heterocycles. The molecular weight excluding hydrogens is 390 g/mol. The molecule has 0 aliphatic carbocycles. The van der Waals surface area contributed by atoms with Crippen LogP contribution in [0.25, 0.3) is 22.3 Å². The van der Waals surface area contributed by atoms with E-state index >= 15 is 0 Å². The molecule has 0 aromatic carbocycles. The summed E-state index contributed by atoms with van der Waals surface area (Å²) in [5, 5.41) is 3.56. The Bertz CT molecular complexity index is 1440. The number of hydrogen-bond donors (Lipinski definition) is 1. The summed E-state index contributed by atoms with van der Waals surface area (Å²) < 4.78 is 34.6. The lowest BCUT2D eigenvalue weighted by Crippen LogP contribution is -2.20. The lowest BCUT2D eigenvalue weighted by atomic mass is 10.2. The minimum absolute atomic E-state index is 0.0342. The number of rotatable bonds is 4. The Morgan fingerprint density at radius 2 is 1.94 bits per heavy atom. The summed E-state index contributed by atoms with van der Waals surface area (Å²) in [6.07, 6.45) is 4.83. The molecule has 8 nitrogen and oxygen atoms in total. The summed E-state index contributed by atoms with van der Waals surface area (Å²) >= 11 is 0. The highest BCUT2D eigenvalue weighted by atomic mass is 16.1. The Morgan fingerprint density at radius 1 is 1.10 bits per heavy atom. The van der Waals surface area contributed by atoms with Crippen LogP contribution in [-0.2, 0) is 7.05 Å². The molecule has 1 N–H and O–H groups in total. The normalized spacial score (nSPS) is 18.8. The molecule has 1 aliphatic heterocycles. The summed E-state index contributed by atoms with van der Waals surface area (Å²) in [5.74, 6) is 0.767. The summed E-state index contributed by atoms with van der Waals surface area (Å²) in [5.41, 5.74) is 2.48. The molecule has 0 radical (unpaired) electrons. The maximum absolute atomic E-state index is 13.0. The molecule has 31 heavy (non-hydrogen) atoms. The fraction of sp³-hybridized carbons (Fsp3) is 0.261. The average Bonchev–Trinajstić information content (AvgIpc) is 3.26. The molecule has 8 heteroatoms. The van der Waals surface area contributed by atoms with Gasteiger partial charge in [0.1, 0.15) is 17.5 Å². The number of aromatic nitrogens is 5. The molecule has 4 aromatic heterocycles. The van der Waals surface area contributed by atoms with Gasteiger partial charge in [0.05, 0.1) is 23.1 Å². The molecule has 1 saturated heterocycles. The van der Waals surface area contributed by atoms with E-state index in [1.54, 1.807) is 18.5 Å². The number of aryl methyl sites for hydroxylation is 1. The topological polar surface area (TPSA) is 88.8 Å². The first-order valence-corrected chi connectivity index (χ1v) is 9.88. The van der Waals surface area contributed by atoms with E-state index in [1.165, 1.54) is 18.3 Å². The molecule has 156 valence electrons. The maximum atomic E-state index is 13.0. The number of amides is 1. The van der Waals surface area contributed by atoms with Crippen molar-refractivity contribution in [1.82, 2.24) is 24.5 Å². The minimum atomic E-state index is -1.90. The molecular formula is C23H23N7O. The summed E-state index contributed by atoms with van der Waals surface area (Å²) in [6, 6.07) is 8.36. The molecule has 0 atom stereocenters. The Labute approximate surface area is 185 Å². The van der Waals surface area contributed by atoms with E-state index in [0.717, 1.165) is 27.5 Å². The zero-order chi connectivity index (χ0) is 25.0. The van der Waals surface area contributed by atoms with Crippen LogP contribution in [0.1, 0.15) is 34.5 Å². The Hall–Kier alpha value is -3.81. The number of imidazole rings is 1. The molecule has 1 fully saturated rings. The first kappa shape index (κ1) is 15.1. The second kappa shape index (κ2) is 7.79. The maximum Gasteiger partial charge on any atom is 0.257 e. The standard InChI is InChI=1S/C23H23N7O/c1-15-25-14-20(29(15)2)18-6-5-17-13-26-21(12-19(17)27-18)28-23(31)16-7-8-24-22(11-16)30-9-3-4-10-30/h5-8,11-14H,3-4,9-10H2,1-2H3,(H,26,28,31)/i9D2,10D2. The van der Waals surface area contributed by atoms with E-state index < -0.39 is 18.9 Å². The first-order valence-electron chi connectivity index (χ1n) is 11.9. The largest absolute Gasteiger partial charge is 0.357 e. The van der Waals surface area contributed by atoms with E-state index in [4.69, 9.17) is 10.5 Å².